The van der Waals surface area contributed by atoms with Crippen molar-refractivity contribution >= 4 is 11.8 Å². The Balaban J connectivity index is 2.44. The van der Waals surface area contributed by atoms with Crippen molar-refractivity contribution in [1.82, 2.24) is 15.1 Å². The zero-order chi connectivity index (χ0) is 15.8. The molecule has 0 bridgehead atoms. The van der Waals surface area contributed by atoms with E-state index in [2.05, 4.69) is 5.32 Å². The second-order valence-electron chi connectivity index (χ2n) is 6.13. The van der Waals surface area contributed by atoms with E-state index in [9.17, 15) is 9.59 Å². The largest absolute Gasteiger partial charge is 0.352 e. The van der Waals surface area contributed by atoms with Crippen LogP contribution in [0.2, 0.25) is 0 Å². The van der Waals surface area contributed by atoms with E-state index in [-0.39, 0.29) is 17.9 Å². The summed E-state index contributed by atoms with van der Waals surface area (Å²) in [6.07, 6.45) is 9.08. The normalized spacial score (nSPS) is 18.0. The number of carbonyl (C=O) groups excluding carboxylic acids is 2. The van der Waals surface area contributed by atoms with Crippen LogP contribution in [0, 0.1) is 0 Å². The van der Waals surface area contributed by atoms with Crippen molar-refractivity contribution in [2.75, 3.05) is 27.7 Å². The van der Waals surface area contributed by atoms with Gasteiger partial charge in [0.05, 0.1) is 0 Å². The molecule has 1 saturated carbocycles. The molecule has 0 aromatic heterocycles. The van der Waals surface area contributed by atoms with Crippen LogP contribution in [0.15, 0.2) is 12.2 Å². The standard InChI is InChI=1S/C16H29N3O2/c1-13(16(21)17-14-9-6-5-7-10-14)19(4)15(20)11-8-12-18(2)3/h8,11,13-14H,5-7,9-10,12H2,1-4H3,(H,17,21)/b11-8+/t13-/m0/s1. The Hall–Kier alpha value is -1.36. The van der Waals surface area contributed by atoms with E-state index in [4.69, 9.17) is 0 Å². The van der Waals surface area contributed by atoms with Gasteiger partial charge in [-0.15, -0.1) is 0 Å². The second kappa shape index (κ2) is 8.82. The van der Waals surface area contributed by atoms with Crippen LogP contribution in [0.1, 0.15) is 39.0 Å². The quantitative estimate of drug-likeness (QED) is 0.754. The fraction of sp³-hybridized carbons (Fsp3) is 0.750. The van der Waals surface area contributed by atoms with E-state index in [1.807, 2.05) is 25.1 Å². The monoisotopic (exact) mass is 295 g/mol. The first kappa shape index (κ1) is 17.7. The van der Waals surface area contributed by atoms with Crippen molar-refractivity contribution in [2.45, 2.75) is 51.1 Å². The highest BCUT2D eigenvalue weighted by Crippen LogP contribution is 2.17. The fourth-order valence-corrected chi connectivity index (χ4v) is 2.42. The van der Waals surface area contributed by atoms with Crippen LogP contribution < -0.4 is 5.32 Å². The molecule has 0 saturated heterocycles. The first-order valence-electron chi connectivity index (χ1n) is 7.80. The van der Waals surface area contributed by atoms with Crippen molar-refractivity contribution in [1.29, 1.82) is 0 Å². The van der Waals surface area contributed by atoms with E-state index < -0.39 is 6.04 Å². The van der Waals surface area contributed by atoms with Gasteiger partial charge in [0.25, 0.3) is 0 Å². The summed E-state index contributed by atoms with van der Waals surface area (Å²) >= 11 is 0. The maximum Gasteiger partial charge on any atom is 0.246 e. The highest BCUT2D eigenvalue weighted by Gasteiger charge is 2.24. The Kier molecular flexibility index (Phi) is 7.43. The molecule has 1 rings (SSSR count). The van der Waals surface area contributed by atoms with Crippen molar-refractivity contribution in [3.05, 3.63) is 12.2 Å². The van der Waals surface area contributed by atoms with Gasteiger partial charge in [0.1, 0.15) is 6.04 Å². The molecule has 2 amide bonds. The van der Waals surface area contributed by atoms with Crippen LogP contribution in [0.3, 0.4) is 0 Å². The third kappa shape index (κ3) is 6.29. The van der Waals surface area contributed by atoms with Gasteiger partial charge in [0.15, 0.2) is 0 Å². The van der Waals surface area contributed by atoms with Gasteiger partial charge in [-0.2, -0.15) is 0 Å². The molecule has 1 fully saturated rings. The lowest BCUT2D eigenvalue weighted by atomic mass is 9.95. The molecule has 0 aliphatic heterocycles. The lowest BCUT2D eigenvalue weighted by Gasteiger charge is -2.28. The Bertz CT molecular complexity index is 374. The molecular weight excluding hydrogens is 266 g/mol. The summed E-state index contributed by atoms with van der Waals surface area (Å²) in [5.74, 6) is -0.193. The minimum atomic E-state index is -0.441. The molecule has 1 aliphatic rings. The third-order valence-corrected chi connectivity index (χ3v) is 3.99. The Morgan fingerprint density at radius 1 is 1.19 bits per heavy atom. The fourth-order valence-electron chi connectivity index (χ4n) is 2.42. The minimum absolute atomic E-state index is 0.0567. The molecule has 1 atom stereocenters. The van der Waals surface area contributed by atoms with Gasteiger partial charge in [-0.1, -0.05) is 25.3 Å². The molecule has 0 heterocycles. The number of hydrogen-bond acceptors (Lipinski definition) is 3. The van der Waals surface area contributed by atoms with Gasteiger partial charge in [-0.25, -0.2) is 0 Å². The van der Waals surface area contributed by atoms with Gasteiger partial charge in [0, 0.05) is 25.7 Å². The number of amides is 2. The molecule has 0 unspecified atom stereocenters. The molecule has 0 aromatic rings. The average Bonchev–Trinajstić information content (AvgIpc) is 2.46. The molecule has 21 heavy (non-hydrogen) atoms. The van der Waals surface area contributed by atoms with Crippen LogP contribution in [0.25, 0.3) is 0 Å². The molecule has 0 radical (unpaired) electrons. The number of carbonyl (C=O) groups is 2. The smallest absolute Gasteiger partial charge is 0.246 e. The number of hydrogen-bond donors (Lipinski definition) is 1. The molecule has 5 heteroatoms. The van der Waals surface area contributed by atoms with Gasteiger partial charge < -0.3 is 15.1 Å². The SMILES string of the molecule is C[C@@H](C(=O)NC1CCCCC1)N(C)C(=O)/C=C/CN(C)C. The predicted molar refractivity (Wildman–Crippen MR) is 84.9 cm³/mol. The first-order valence-corrected chi connectivity index (χ1v) is 7.80. The minimum Gasteiger partial charge on any atom is -0.352 e. The van der Waals surface area contributed by atoms with Crippen LogP contribution >= 0.6 is 0 Å². The molecule has 120 valence electrons. The average molecular weight is 295 g/mol. The summed E-state index contributed by atoms with van der Waals surface area (Å²) in [5, 5.41) is 3.06. The zero-order valence-electron chi connectivity index (χ0n) is 13.8. The lowest BCUT2D eigenvalue weighted by molar-refractivity contribution is -0.135. The molecule has 0 aromatic carbocycles. The highest BCUT2D eigenvalue weighted by atomic mass is 16.2. The van der Waals surface area contributed by atoms with E-state index in [0.717, 1.165) is 12.8 Å². The first-order chi connectivity index (χ1) is 9.91. The van der Waals surface area contributed by atoms with Crippen molar-refractivity contribution < 1.29 is 9.59 Å². The van der Waals surface area contributed by atoms with Crippen molar-refractivity contribution in [2.24, 2.45) is 0 Å². The maximum atomic E-state index is 12.2. The summed E-state index contributed by atoms with van der Waals surface area (Å²) in [5.41, 5.74) is 0. The molecular formula is C16H29N3O2. The van der Waals surface area contributed by atoms with Gasteiger partial charge >= 0.3 is 0 Å². The molecule has 1 N–H and O–H groups in total. The summed E-state index contributed by atoms with van der Waals surface area (Å²) in [6, 6.07) is -0.162. The van der Waals surface area contributed by atoms with Crippen LogP contribution in [-0.2, 0) is 9.59 Å². The Labute approximate surface area is 128 Å². The number of nitrogens with one attached hydrogen (secondary N) is 1. The maximum absolute atomic E-state index is 12.2. The van der Waals surface area contributed by atoms with Crippen LogP contribution in [0.4, 0.5) is 0 Å². The van der Waals surface area contributed by atoms with E-state index in [1.54, 1.807) is 14.0 Å². The predicted octanol–water partition coefficient (Wildman–Crippen LogP) is 1.40. The summed E-state index contributed by atoms with van der Waals surface area (Å²) < 4.78 is 0. The van der Waals surface area contributed by atoms with Crippen LogP contribution in [0.5, 0.6) is 0 Å². The summed E-state index contributed by atoms with van der Waals surface area (Å²) in [4.78, 5) is 27.7. The number of likely N-dealkylation sites (N-methyl/N-ethyl adjacent to an activating group) is 2. The van der Waals surface area contributed by atoms with Gasteiger partial charge in [-0.3, -0.25) is 9.59 Å². The van der Waals surface area contributed by atoms with Gasteiger partial charge in [-0.05, 0) is 33.9 Å². The molecule has 0 spiro atoms. The molecule has 1 aliphatic carbocycles. The van der Waals surface area contributed by atoms with Crippen molar-refractivity contribution in [3.8, 4) is 0 Å². The summed E-state index contributed by atoms with van der Waals surface area (Å²) in [6.45, 7) is 2.48. The third-order valence-electron chi connectivity index (χ3n) is 3.99. The summed E-state index contributed by atoms with van der Waals surface area (Å²) in [7, 11) is 5.56. The molecule has 5 nitrogen and oxygen atoms in total. The number of rotatable bonds is 6. The Morgan fingerprint density at radius 2 is 1.81 bits per heavy atom. The number of nitrogens with zero attached hydrogens (tertiary/aromatic N) is 2. The Morgan fingerprint density at radius 3 is 2.38 bits per heavy atom. The highest BCUT2D eigenvalue weighted by molar-refractivity contribution is 5.92. The zero-order valence-corrected chi connectivity index (χ0v) is 13.8. The lowest BCUT2D eigenvalue weighted by Crippen LogP contribution is -2.48. The second-order valence-corrected chi connectivity index (χ2v) is 6.13. The van der Waals surface area contributed by atoms with E-state index in [1.165, 1.54) is 30.2 Å². The van der Waals surface area contributed by atoms with Gasteiger partial charge in [0.2, 0.25) is 11.8 Å². The van der Waals surface area contributed by atoms with E-state index >= 15 is 0 Å². The van der Waals surface area contributed by atoms with Crippen molar-refractivity contribution in [3.63, 3.8) is 0 Å². The van der Waals surface area contributed by atoms with E-state index in [0.29, 0.717) is 6.54 Å². The topological polar surface area (TPSA) is 52.7 Å². The van der Waals surface area contributed by atoms with Crippen LogP contribution in [-0.4, -0.2) is 61.4 Å².